The average Bonchev–Trinajstić information content (AvgIpc) is 2.67. The maximum Gasteiger partial charge on any atom is 0.188 e. The van der Waals surface area contributed by atoms with Gasteiger partial charge in [0, 0.05) is 18.0 Å². The number of benzene rings is 1. The second-order valence-corrected chi connectivity index (χ2v) is 6.80. The first-order valence-electron chi connectivity index (χ1n) is 6.12. The smallest absolute Gasteiger partial charge is 0.188 e. The number of aliphatic hydroxyl groups excluding tert-OH is 2. The van der Waals surface area contributed by atoms with Crippen LogP contribution < -0.4 is 0 Å². The van der Waals surface area contributed by atoms with Crippen LogP contribution in [0.4, 0.5) is 0 Å². The van der Waals surface area contributed by atoms with Crippen molar-refractivity contribution < 1.29 is 18.6 Å². The van der Waals surface area contributed by atoms with Crippen LogP contribution in [0.25, 0.3) is 0 Å². The molecule has 3 unspecified atom stereocenters. The van der Waals surface area contributed by atoms with Crippen molar-refractivity contribution in [3.8, 4) is 0 Å². The predicted octanol–water partition coefficient (Wildman–Crippen LogP) is 1.00. The Morgan fingerprint density at radius 1 is 1.15 bits per heavy atom. The Bertz CT molecular complexity index is 730. The van der Waals surface area contributed by atoms with Gasteiger partial charge in [-0.1, -0.05) is 30.3 Å². The summed E-state index contributed by atoms with van der Waals surface area (Å²) in [5.41, 5.74) is 0.751. The Kier molecular flexibility index (Phi) is 3.08. The standard InChI is InChI=1S/C14H13NO4S/c16-12(9-4-2-1-3-5-9)14-13(17)10-6-7-15-8-11(10)20(14,18)19/h1-8,12-14,16-17H. The van der Waals surface area contributed by atoms with E-state index in [9.17, 15) is 18.6 Å². The lowest BCUT2D eigenvalue weighted by molar-refractivity contribution is 0.0887. The zero-order valence-electron chi connectivity index (χ0n) is 10.4. The summed E-state index contributed by atoms with van der Waals surface area (Å²) >= 11 is 0. The molecule has 0 amide bonds. The van der Waals surface area contributed by atoms with Crippen LogP contribution in [0, 0.1) is 0 Å². The van der Waals surface area contributed by atoms with Gasteiger partial charge in [0.25, 0.3) is 0 Å². The predicted molar refractivity (Wildman–Crippen MR) is 71.6 cm³/mol. The highest BCUT2D eigenvalue weighted by Gasteiger charge is 2.48. The van der Waals surface area contributed by atoms with E-state index in [4.69, 9.17) is 0 Å². The van der Waals surface area contributed by atoms with Crippen LogP contribution >= 0.6 is 0 Å². The number of rotatable bonds is 2. The molecular formula is C14H13NO4S. The van der Waals surface area contributed by atoms with E-state index in [0.717, 1.165) is 0 Å². The third-order valence-electron chi connectivity index (χ3n) is 3.56. The molecule has 3 atom stereocenters. The maximum absolute atomic E-state index is 12.4. The molecule has 0 bridgehead atoms. The molecule has 6 heteroatoms. The third kappa shape index (κ3) is 1.84. The summed E-state index contributed by atoms with van der Waals surface area (Å²) < 4.78 is 24.9. The fraction of sp³-hybridized carbons (Fsp3) is 0.214. The number of hydrogen-bond donors (Lipinski definition) is 2. The first kappa shape index (κ1) is 13.2. The Hall–Kier alpha value is -1.76. The van der Waals surface area contributed by atoms with E-state index < -0.39 is 27.3 Å². The van der Waals surface area contributed by atoms with Crippen molar-refractivity contribution in [1.29, 1.82) is 0 Å². The van der Waals surface area contributed by atoms with E-state index in [1.165, 1.54) is 18.5 Å². The molecule has 1 aromatic carbocycles. The van der Waals surface area contributed by atoms with Gasteiger partial charge in [-0.3, -0.25) is 4.98 Å². The van der Waals surface area contributed by atoms with E-state index in [-0.39, 0.29) is 4.90 Å². The lowest BCUT2D eigenvalue weighted by Gasteiger charge is -2.21. The molecule has 5 nitrogen and oxygen atoms in total. The number of sulfone groups is 1. The van der Waals surface area contributed by atoms with Crippen LogP contribution in [-0.2, 0) is 9.84 Å². The van der Waals surface area contributed by atoms with Crippen LogP contribution in [0.5, 0.6) is 0 Å². The van der Waals surface area contributed by atoms with Gasteiger partial charge in [0.2, 0.25) is 0 Å². The molecule has 0 aliphatic carbocycles. The SMILES string of the molecule is O=S1(=O)c2cnccc2C(O)C1C(O)c1ccccc1. The number of fused-ring (bicyclic) bond motifs is 1. The van der Waals surface area contributed by atoms with Crippen molar-refractivity contribution in [2.45, 2.75) is 22.4 Å². The largest absolute Gasteiger partial charge is 0.387 e. The first-order valence-corrected chi connectivity index (χ1v) is 7.67. The van der Waals surface area contributed by atoms with E-state index in [2.05, 4.69) is 4.98 Å². The molecule has 104 valence electrons. The molecular weight excluding hydrogens is 278 g/mol. The van der Waals surface area contributed by atoms with E-state index in [1.54, 1.807) is 30.3 Å². The van der Waals surface area contributed by atoms with Gasteiger partial charge >= 0.3 is 0 Å². The summed E-state index contributed by atoms with van der Waals surface area (Å²) in [6.07, 6.45) is 0.0947. The molecule has 3 rings (SSSR count). The lowest BCUT2D eigenvalue weighted by Crippen LogP contribution is -2.28. The van der Waals surface area contributed by atoms with Crippen molar-refractivity contribution in [3.63, 3.8) is 0 Å². The van der Waals surface area contributed by atoms with E-state index in [0.29, 0.717) is 11.1 Å². The molecule has 0 saturated carbocycles. The van der Waals surface area contributed by atoms with E-state index >= 15 is 0 Å². The number of aromatic nitrogens is 1. The van der Waals surface area contributed by atoms with Crippen molar-refractivity contribution in [2.24, 2.45) is 0 Å². The van der Waals surface area contributed by atoms with E-state index in [1.807, 2.05) is 0 Å². The average molecular weight is 291 g/mol. The zero-order chi connectivity index (χ0) is 14.3. The lowest BCUT2D eigenvalue weighted by atomic mass is 9.99. The first-order chi connectivity index (χ1) is 9.53. The Labute approximate surface area is 116 Å². The summed E-state index contributed by atoms with van der Waals surface area (Å²) in [4.78, 5) is 3.77. The molecule has 0 saturated heterocycles. The molecule has 0 radical (unpaired) electrons. The Morgan fingerprint density at radius 2 is 1.85 bits per heavy atom. The van der Waals surface area contributed by atoms with Gasteiger partial charge < -0.3 is 10.2 Å². The minimum Gasteiger partial charge on any atom is -0.387 e. The van der Waals surface area contributed by atoms with Gasteiger partial charge in [0.05, 0.1) is 11.0 Å². The maximum atomic E-state index is 12.4. The molecule has 2 N–H and O–H groups in total. The van der Waals surface area contributed by atoms with Gasteiger partial charge in [-0.2, -0.15) is 0 Å². The highest BCUT2D eigenvalue weighted by molar-refractivity contribution is 7.92. The van der Waals surface area contributed by atoms with Crippen molar-refractivity contribution >= 4 is 9.84 Å². The number of aliphatic hydroxyl groups is 2. The van der Waals surface area contributed by atoms with Gasteiger partial charge in [0.1, 0.15) is 11.4 Å². The monoisotopic (exact) mass is 291 g/mol. The van der Waals surface area contributed by atoms with Crippen LogP contribution in [0.2, 0.25) is 0 Å². The summed E-state index contributed by atoms with van der Waals surface area (Å²) in [5.74, 6) is 0. The van der Waals surface area contributed by atoms with Gasteiger partial charge in [-0.05, 0) is 11.6 Å². The molecule has 1 aliphatic heterocycles. The van der Waals surface area contributed by atoms with Crippen LogP contribution in [-0.4, -0.2) is 28.9 Å². The van der Waals surface area contributed by atoms with Crippen LogP contribution in [0.3, 0.4) is 0 Å². The number of nitrogens with zero attached hydrogens (tertiary/aromatic N) is 1. The summed E-state index contributed by atoms with van der Waals surface area (Å²) in [5, 5.41) is 19.3. The quantitative estimate of drug-likeness (QED) is 0.862. The van der Waals surface area contributed by atoms with Gasteiger partial charge in [0.15, 0.2) is 9.84 Å². The normalized spacial score (nSPS) is 25.1. The fourth-order valence-corrected chi connectivity index (χ4v) is 4.55. The Morgan fingerprint density at radius 3 is 2.50 bits per heavy atom. The van der Waals surface area contributed by atoms with Crippen LogP contribution in [0.15, 0.2) is 53.7 Å². The highest BCUT2D eigenvalue weighted by atomic mass is 32.2. The fourth-order valence-electron chi connectivity index (χ4n) is 2.55. The molecule has 0 spiro atoms. The number of pyridine rings is 1. The molecule has 1 aromatic heterocycles. The minimum atomic E-state index is -3.81. The number of hydrogen-bond acceptors (Lipinski definition) is 5. The summed E-state index contributed by atoms with van der Waals surface area (Å²) in [6, 6.07) is 9.93. The van der Waals surface area contributed by atoms with Crippen molar-refractivity contribution in [3.05, 3.63) is 59.9 Å². The third-order valence-corrected chi connectivity index (χ3v) is 5.75. The topological polar surface area (TPSA) is 87.5 Å². The van der Waals surface area contributed by atoms with Crippen molar-refractivity contribution in [2.75, 3.05) is 0 Å². The second-order valence-electron chi connectivity index (χ2n) is 4.72. The molecule has 2 heterocycles. The zero-order valence-corrected chi connectivity index (χ0v) is 11.2. The van der Waals surface area contributed by atoms with Gasteiger partial charge in [-0.25, -0.2) is 8.42 Å². The Balaban J connectivity index is 2.09. The van der Waals surface area contributed by atoms with Crippen molar-refractivity contribution in [1.82, 2.24) is 4.98 Å². The summed E-state index contributed by atoms with van der Waals surface area (Å²) in [6.45, 7) is 0. The second kappa shape index (κ2) is 4.66. The molecule has 2 aromatic rings. The summed E-state index contributed by atoms with van der Waals surface area (Å²) in [7, 11) is -3.81. The van der Waals surface area contributed by atoms with Gasteiger partial charge in [-0.15, -0.1) is 0 Å². The molecule has 20 heavy (non-hydrogen) atoms. The minimum absolute atomic E-state index is 0.00696. The highest BCUT2D eigenvalue weighted by Crippen LogP contribution is 2.43. The van der Waals surface area contributed by atoms with Crippen LogP contribution in [0.1, 0.15) is 23.3 Å². The molecule has 0 fully saturated rings. The molecule has 1 aliphatic rings.